The van der Waals surface area contributed by atoms with Gasteiger partial charge in [0, 0.05) is 18.0 Å². The smallest absolute Gasteiger partial charge is 0.341 e. The van der Waals surface area contributed by atoms with E-state index in [2.05, 4.69) is 37.9 Å². The van der Waals surface area contributed by atoms with Crippen LogP contribution in [0.4, 0.5) is 5.00 Å². The van der Waals surface area contributed by atoms with Gasteiger partial charge in [0.1, 0.15) is 5.00 Å². The average molecular weight is 367 g/mol. The van der Waals surface area contributed by atoms with Gasteiger partial charge >= 0.3 is 5.97 Å². The number of piperidine rings is 1. The molecule has 1 fully saturated rings. The van der Waals surface area contributed by atoms with Gasteiger partial charge in [0.25, 0.3) is 0 Å². The molecule has 1 aromatic heterocycles. The van der Waals surface area contributed by atoms with Crippen LogP contribution in [0.5, 0.6) is 0 Å². The second kappa shape index (κ2) is 8.81. The molecule has 25 heavy (non-hydrogen) atoms. The molecular weight excluding hydrogens is 336 g/mol. The van der Waals surface area contributed by atoms with Crippen LogP contribution in [0.1, 0.15) is 62.2 Å². The molecule has 1 aliphatic heterocycles. The van der Waals surface area contributed by atoms with Crippen LogP contribution in [0.25, 0.3) is 0 Å². The number of likely N-dealkylation sites (tertiary alicyclic amines) is 1. The van der Waals surface area contributed by atoms with E-state index in [0.29, 0.717) is 41.5 Å². The van der Waals surface area contributed by atoms with Crippen LogP contribution in [0.3, 0.4) is 0 Å². The van der Waals surface area contributed by atoms with E-state index in [1.165, 1.54) is 17.8 Å². The summed E-state index contributed by atoms with van der Waals surface area (Å²) in [5.41, 5.74) is 0.462. The molecule has 1 aliphatic rings. The van der Waals surface area contributed by atoms with Crippen molar-refractivity contribution in [1.29, 1.82) is 0 Å². The minimum atomic E-state index is -0.374. The van der Waals surface area contributed by atoms with Crippen LogP contribution >= 0.6 is 11.3 Å². The van der Waals surface area contributed by atoms with Crippen LogP contribution in [-0.2, 0) is 9.53 Å². The fourth-order valence-electron chi connectivity index (χ4n) is 3.44. The van der Waals surface area contributed by atoms with E-state index in [9.17, 15) is 9.59 Å². The third kappa shape index (κ3) is 5.54. The SMILES string of the molecule is CCOC(=O)c1cc(C(C)C)sc1NC(=O)CN1C[C@@H](C)C[C@H](C)C1. The van der Waals surface area contributed by atoms with Crippen molar-refractivity contribution in [2.75, 3.05) is 31.6 Å². The predicted octanol–water partition coefficient (Wildman–Crippen LogP) is 3.96. The molecule has 0 aliphatic carbocycles. The highest BCUT2D eigenvalue weighted by molar-refractivity contribution is 7.16. The molecule has 2 rings (SSSR count). The number of esters is 1. The molecule has 0 saturated carbocycles. The summed E-state index contributed by atoms with van der Waals surface area (Å²) in [7, 11) is 0. The monoisotopic (exact) mass is 366 g/mol. The summed E-state index contributed by atoms with van der Waals surface area (Å²) in [4.78, 5) is 28.0. The standard InChI is InChI=1S/C19H30N2O3S/c1-6-24-19(23)15-8-16(12(2)3)25-18(15)20-17(22)11-21-9-13(4)7-14(5)10-21/h8,12-14H,6-7,9-11H2,1-5H3,(H,20,22)/t13-,14-/m0/s1. The number of thiophene rings is 1. The van der Waals surface area contributed by atoms with Crippen molar-refractivity contribution in [3.05, 3.63) is 16.5 Å². The van der Waals surface area contributed by atoms with Crippen molar-refractivity contribution in [3.8, 4) is 0 Å². The molecule has 1 saturated heterocycles. The van der Waals surface area contributed by atoms with E-state index in [4.69, 9.17) is 4.74 Å². The van der Waals surface area contributed by atoms with Crippen molar-refractivity contribution < 1.29 is 14.3 Å². The zero-order valence-corrected chi connectivity index (χ0v) is 16.7. The molecule has 5 nitrogen and oxygen atoms in total. The van der Waals surface area contributed by atoms with E-state index in [0.717, 1.165) is 18.0 Å². The molecule has 140 valence electrons. The molecule has 0 aromatic carbocycles. The molecule has 2 heterocycles. The number of anilines is 1. The summed E-state index contributed by atoms with van der Waals surface area (Å²) in [5, 5.41) is 3.54. The van der Waals surface area contributed by atoms with Gasteiger partial charge in [-0.15, -0.1) is 11.3 Å². The van der Waals surface area contributed by atoms with Gasteiger partial charge in [0.2, 0.25) is 5.91 Å². The summed E-state index contributed by atoms with van der Waals surface area (Å²) in [6.45, 7) is 13.0. The van der Waals surface area contributed by atoms with Gasteiger partial charge in [-0.2, -0.15) is 0 Å². The van der Waals surface area contributed by atoms with Gasteiger partial charge in [0.15, 0.2) is 0 Å². The van der Waals surface area contributed by atoms with E-state index in [-0.39, 0.29) is 11.9 Å². The lowest BCUT2D eigenvalue weighted by Gasteiger charge is -2.34. The van der Waals surface area contributed by atoms with E-state index in [1.807, 2.05) is 6.07 Å². The molecular formula is C19H30N2O3S. The summed E-state index contributed by atoms with van der Waals surface area (Å²) in [6, 6.07) is 1.84. The second-order valence-electron chi connectivity index (χ2n) is 7.46. The molecule has 0 spiro atoms. The molecule has 1 amide bonds. The quantitative estimate of drug-likeness (QED) is 0.774. The molecule has 0 bridgehead atoms. The van der Waals surface area contributed by atoms with E-state index >= 15 is 0 Å². The van der Waals surface area contributed by atoms with Crippen molar-refractivity contribution in [2.24, 2.45) is 11.8 Å². The Labute approximate surface area is 154 Å². The van der Waals surface area contributed by atoms with Gasteiger partial charge in [0.05, 0.1) is 18.7 Å². The van der Waals surface area contributed by atoms with Crippen molar-refractivity contribution in [2.45, 2.75) is 47.0 Å². The minimum Gasteiger partial charge on any atom is -0.462 e. The molecule has 1 N–H and O–H groups in total. The lowest BCUT2D eigenvalue weighted by atomic mass is 9.92. The third-order valence-electron chi connectivity index (χ3n) is 4.38. The van der Waals surface area contributed by atoms with Crippen LogP contribution in [0, 0.1) is 11.8 Å². The third-order valence-corrected chi connectivity index (χ3v) is 5.73. The highest BCUT2D eigenvalue weighted by Gasteiger charge is 2.25. The topological polar surface area (TPSA) is 58.6 Å². The normalized spacial score (nSPS) is 21.4. The van der Waals surface area contributed by atoms with Gasteiger partial charge < -0.3 is 10.1 Å². The Morgan fingerprint density at radius 1 is 1.32 bits per heavy atom. The highest BCUT2D eigenvalue weighted by atomic mass is 32.1. The average Bonchev–Trinajstić information content (AvgIpc) is 2.90. The van der Waals surface area contributed by atoms with Crippen LogP contribution in [0.15, 0.2) is 6.07 Å². The number of hydrogen-bond acceptors (Lipinski definition) is 5. The number of carbonyl (C=O) groups excluding carboxylic acids is 2. The minimum absolute atomic E-state index is 0.0657. The van der Waals surface area contributed by atoms with Gasteiger partial charge in [-0.1, -0.05) is 27.7 Å². The zero-order chi connectivity index (χ0) is 18.6. The Hall–Kier alpha value is -1.40. The summed E-state index contributed by atoms with van der Waals surface area (Å²) in [6.07, 6.45) is 1.22. The Balaban J connectivity index is 2.07. The van der Waals surface area contributed by atoms with E-state index in [1.54, 1.807) is 6.92 Å². The fourth-order valence-corrected chi connectivity index (χ4v) is 4.50. The first-order valence-corrected chi connectivity index (χ1v) is 9.94. The number of carbonyl (C=O) groups is 2. The van der Waals surface area contributed by atoms with Crippen LogP contribution in [0.2, 0.25) is 0 Å². The summed E-state index contributed by atoms with van der Waals surface area (Å²) >= 11 is 1.46. The molecule has 2 atom stereocenters. The molecule has 0 unspecified atom stereocenters. The lowest BCUT2D eigenvalue weighted by molar-refractivity contribution is -0.117. The highest BCUT2D eigenvalue weighted by Crippen LogP contribution is 2.33. The summed E-state index contributed by atoms with van der Waals surface area (Å²) < 4.78 is 5.13. The maximum atomic E-state index is 12.5. The van der Waals surface area contributed by atoms with Crippen LogP contribution < -0.4 is 5.32 Å². The number of nitrogens with one attached hydrogen (secondary N) is 1. The largest absolute Gasteiger partial charge is 0.462 e. The van der Waals surface area contributed by atoms with Crippen molar-refractivity contribution in [3.63, 3.8) is 0 Å². The van der Waals surface area contributed by atoms with E-state index < -0.39 is 0 Å². The molecule has 1 aromatic rings. The maximum Gasteiger partial charge on any atom is 0.341 e. The first kappa shape index (κ1) is 19.9. The Kier molecular flexibility index (Phi) is 7.02. The fraction of sp³-hybridized carbons (Fsp3) is 0.684. The number of nitrogens with zero attached hydrogens (tertiary/aromatic N) is 1. The molecule has 6 heteroatoms. The van der Waals surface area contributed by atoms with Gasteiger partial charge in [-0.05, 0) is 37.2 Å². The van der Waals surface area contributed by atoms with Crippen molar-refractivity contribution in [1.82, 2.24) is 4.90 Å². The lowest BCUT2D eigenvalue weighted by Crippen LogP contribution is -2.42. The molecule has 0 radical (unpaired) electrons. The Morgan fingerprint density at radius 2 is 1.96 bits per heavy atom. The first-order chi connectivity index (χ1) is 11.8. The maximum absolute atomic E-state index is 12.5. The Bertz CT molecular complexity index is 602. The number of hydrogen-bond donors (Lipinski definition) is 1. The number of ether oxygens (including phenoxy) is 1. The zero-order valence-electron chi connectivity index (χ0n) is 15.9. The summed E-state index contributed by atoms with van der Waals surface area (Å²) in [5.74, 6) is 1.08. The van der Waals surface area contributed by atoms with Crippen LogP contribution in [-0.4, -0.2) is 43.0 Å². The van der Waals surface area contributed by atoms with Crippen molar-refractivity contribution >= 4 is 28.2 Å². The predicted molar refractivity (Wildman–Crippen MR) is 102 cm³/mol. The second-order valence-corrected chi connectivity index (χ2v) is 8.54. The van der Waals surface area contributed by atoms with Gasteiger partial charge in [-0.3, -0.25) is 9.69 Å². The number of rotatable bonds is 6. The number of amides is 1. The Morgan fingerprint density at radius 3 is 2.52 bits per heavy atom. The first-order valence-electron chi connectivity index (χ1n) is 9.13. The van der Waals surface area contributed by atoms with Gasteiger partial charge in [-0.25, -0.2) is 4.79 Å².